The minimum absolute atomic E-state index is 0.0848. The number of aliphatic carboxylic acids is 1. The van der Waals surface area contributed by atoms with Crippen LogP contribution in [0.2, 0.25) is 0 Å². The second-order valence-electron chi connectivity index (χ2n) is 15.6. The minimum Gasteiger partial charge on any atom is -0.507 e. The zero-order valence-electron chi connectivity index (χ0n) is 31.0. The van der Waals surface area contributed by atoms with Gasteiger partial charge in [-0.2, -0.15) is 0 Å². The van der Waals surface area contributed by atoms with Crippen LogP contribution in [0.3, 0.4) is 0 Å². The van der Waals surface area contributed by atoms with E-state index >= 15 is 0 Å². The van der Waals surface area contributed by atoms with Gasteiger partial charge in [-0.15, -0.1) is 10.2 Å². The van der Waals surface area contributed by atoms with Crippen LogP contribution >= 0.6 is 0 Å². The van der Waals surface area contributed by atoms with E-state index in [1.165, 1.54) is 0 Å². The minimum atomic E-state index is -0.893. The Hall–Kier alpha value is -5.11. The van der Waals surface area contributed by atoms with Gasteiger partial charge in [0.25, 0.3) is 0 Å². The molecule has 0 amide bonds. The second kappa shape index (κ2) is 15.3. The number of carboxylic acid groups (broad SMARTS) is 1. The average molecular weight is 739 g/mol. The van der Waals surface area contributed by atoms with Crippen molar-refractivity contribution < 1.29 is 29.0 Å². The number of hydrogen-bond donors (Lipinski definition) is 3. The summed E-state index contributed by atoms with van der Waals surface area (Å²) in [7, 11) is 0. The molecule has 4 aromatic rings. The van der Waals surface area contributed by atoms with Crippen LogP contribution in [0.1, 0.15) is 76.9 Å². The van der Waals surface area contributed by atoms with E-state index in [0.717, 1.165) is 88.9 Å². The second-order valence-corrected chi connectivity index (χ2v) is 15.6. The Kier molecular flexibility index (Phi) is 10.2. The first-order valence-corrected chi connectivity index (χ1v) is 19.4. The third-order valence-corrected chi connectivity index (χ3v) is 11.6. The number of nitrogen functional groups attached to an aromatic ring is 1. The van der Waals surface area contributed by atoms with Gasteiger partial charge in [-0.25, -0.2) is 4.98 Å². The van der Waals surface area contributed by atoms with Gasteiger partial charge in [0.1, 0.15) is 17.8 Å². The molecule has 3 aliphatic heterocycles. The van der Waals surface area contributed by atoms with Crippen LogP contribution in [0.4, 0.5) is 23.0 Å². The van der Waals surface area contributed by atoms with E-state index in [0.29, 0.717) is 46.6 Å². The van der Waals surface area contributed by atoms with Crippen LogP contribution in [-0.4, -0.2) is 93.1 Å². The summed E-state index contributed by atoms with van der Waals surface area (Å²) in [5.41, 5.74) is 9.58. The highest BCUT2D eigenvalue weighted by molar-refractivity contribution is 5.76. The average Bonchev–Trinajstić information content (AvgIpc) is 3.74. The molecule has 286 valence electrons. The van der Waals surface area contributed by atoms with Crippen molar-refractivity contribution >= 4 is 29.0 Å². The number of rotatable bonds is 11. The van der Waals surface area contributed by atoms with Crippen LogP contribution in [0, 0.1) is 5.92 Å². The molecule has 14 heteroatoms. The maximum absolute atomic E-state index is 11.7. The molecule has 0 radical (unpaired) electrons. The third kappa shape index (κ3) is 7.48. The number of anilines is 4. The fourth-order valence-corrected chi connectivity index (χ4v) is 8.87. The monoisotopic (exact) mass is 738 g/mol. The quantitative estimate of drug-likeness (QED) is 0.166. The van der Waals surface area contributed by atoms with E-state index in [9.17, 15) is 15.0 Å². The first-order valence-electron chi connectivity index (χ1n) is 19.4. The number of fused-ring (bicyclic) bond motifs is 2. The molecule has 2 bridgehead atoms. The Morgan fingerprint density at radius 3 is 2.30 bits per heavy atom. The summed E-state index contributed by atoms with van der Waals surface area (Å²) in [6.07, 6.45) is 10.1. The van der Waals surface area contributed by atoms with Crippen molar-refractivity contribution in [2.45, 2.75) is 102 Å². The van der Waals surface area contributed by atoms with Crippen molar-refractivity contribution in [1.82, 2.24) is 20.3 Å². The number of carbonyl (C=O) groups is 1. The number of nitrogens with zero attached hydrogens (tertiary/aromatic N) is 7. The van der Waals surface area contributed by atoms with Crippen molar-refractivity contribution in [2.24, 2.45) is 5.92 Å². The lowest BCUT2D eigenvalue weighted by molar-refractivity contribution is -0.140. The summed E-state index contributed by atoms with van der Waals surface area (Å²) >= 11 is 0. The number of pyridine rings is 1. The molecule has 54 heavy (non-hydrogen) atoms. The number of nitrogens with two attached hydrogens (primary N) is 1. The molecule has 8 rings (SSSR count). The van der Waals surface area contributed by atoms with Crippen molar-refractivity contribution in [3.63, 3.8) is 0 Å². The van der Waals surface area contributed by atoms with Crippen LogP contribution in [0.25, 0.3) is 11.3 Å². The number of aromatic nitrogens is 4. The number of piperazine rings is 1. The lowest BCUT2D eigenvalue weighted by atomic mass is 9.93. The van der Waals surface area contributed by atoms with E-state index < -0.39 is 11.9 Å². The van der Waals surface area contributed by atoms with E-state index in [2.05, 4.69) is 47.2 Å². The van der Waals surface area contributed by atoms with Crippen molar-refractivity contribution in [3.8, 4) is 22.9 Å². The molecule has 1 saturated carbocycles. The number of ether oxygens (including phenoxy) is 2. The fourth-order valence-electron chi connectivity index (χ4n) is 8.87. The SMILES string of the molecule is CC(C)C(C(=O)O)c1cc(N2CCC(OC3CCC(Oc4cc(N5C6CCC5CN(c5cc(-c7ccccc7O)nnc5N)C6)ccn4)CC3)CC2)no1. The fraction of sp³-hybridized carbons (Fsp3) is 0.525. The zero-order chi connectivity index (χ0) is 37.3. The number of para-hydroxylation sites is 1. The molecule has 3 unspecified atom stereocenters. The van der Waals surface area contributed by atoms with E-state index in [1.807, 2.05) is 38.2 Å². The number of aromatic hydroxyl groups is 1. The number of hydrogen-bond acceptors (Lipinski definition) is 13. The Morgan fingerprint density at radius 2 is 1.59 bits per heavy atom. The molecule has 3 saturated heterocycles. The molecule has 3 aromatic heterocycles. The van der Waals surface area contributed by atoms with Gasteiger partial charge < -0.3 is 44.6 Å². The Bertz CT molecular complexity index is 1910. The Balaban J connectivity index is 0.818. The smallest absolute Gasteiger partial charge is 0.314 e. The van der Waals surface area contributed by atoms with Crippen LogP contribution < -0.4 is 25.2 Å². The summed E-state index contributed by atoms with van der Waals surface area (Å²) in [6.45, 7) is 6.96. The number of phenolic OH excluding ortho intramolecular Hbond substituents is 1. The van der Waals surface area contributed by atoms with Crippen LogP contribution in [0.5, 0.6) is 11.6 Å². The summed E-state index contributed by atoms with van der Waals surface area (Å²) in [4.78, 5) is 23.3. The maximum atomic E-state index is 11.7. The van der Waals surface area contributed by atoms with Gasteiger partial charge >= 0.3 is 5.97 Å². The molecule has 3 atom stereocenters. The number of carboxylic acids is 1. The highest BCUT2D eigenvalue weighted by atomic mass is 16.5. The molecule has 4 aliphatic rings. The molecule has 6 heterocycles. The number of piperidine rings is 1. The number of phenols is 1. The highest BCUT2D eigenvalue weighted by Gasteiger charge is 2.41. The third-order valence-electron chi connectivity index (χ3n) is 11.6. The maximum Gasteiger partial charge on any atom is 0.314 e. The molecule has 0 spiro atoms. The molecule has 1 aliphatic carbocycles. The van der Waals surface area contributed by atoms with Gasteiger partial charge in [-0.3, -0.25) is 4.79 Å². The number of benzene rings is 1. The molecular weight excluding hydrogens is 688 g/mol. The van der Waals surface area contributed by atoms with Gasteiger partial charge in [-0.1, -0.05) is 31.1 Å². The lowest BCUT2D eigenvalue weighted by Gasteiger charge is -2.43. The van der Waals surface area contributed by atoms with Crippen molar-refractivity contribution in [3.05, 3.63) is 60.5 Å². The zero-order valence-corrected chi connectivity index (χ0v) is 31.0. The van der Waals surface area contributed by atoms with Gasteiger partial charge in [0.05, 0.1) is 23.6 Å². The largest absolute Gasteiger partial charge is 0.507 e. The van der Waals surface area contributed by atoms with Gasteiger partial charge in [0, 0.05) is 67.8 Å². The summed E-state index contributed by atoms with van der Waals surface area (Å²) in [6, 6.07) is 15.7. The molecule has 4 N–H and O–H groups in total. The van der Waals surface area contributed by atoms with Gasteiger partial charge in [0.2, 0.25) is 5.88 Å². The summed E-state index contributed by atoms with van der Waals surface area (Å²) in [5.74, 6) is 0.655. The van der Waals surface area contributed by atoms with Crippen LogP contribution in [-0.2, 0) is 9.53 Å². The normalized spacial score (nSPS) is 23.9. The predicted octanol–water partition coefficient (Wildman–Crippen LogP) is 5.87. The standard InChI is InChI=1S/C40H50N8O6/c1-24(2)38(40(50)51)35-21-36(45-54-35)46-17-14-30(15-18-46)52-28-9-11-29(12-10-28)53-37-19-25(13-16-42-37)48-26-7-8-27(48)23-47(22-26)33-20-32(43-44-39(33)41)31-5-3-4-6-34(31)49/h3-6,13,16,19-21,24,26-30,38,49H,7-12,14-15,17-18,22-23H2,1-2H3,(H2,41,44)(H,50,51). The molecular formula is C40H50N8O6. The Labute approximate surface area is 315 Å². The topological polar surface area (TPSA) is 176 Å². The van der Waals surface area contributed by atoms with Crippen LogP contribution in [0.15, 0.2) is 59.3 Å². The summed E-state index contributed by atoms with van der Waals surface area (Å²) < 4.78 is 18.5. The lowest BCUT2D eigenvalue weighted by Crippen LogP contribution is -2.54. The highest BCUT2D eigenvalue weighted by Crippen LogP contribution is 2.40. The first-order chi connectivity index (χ1) is 26.2. The first kappa shape index (κ1) is 35.9. The summed E-state index contributed by atoms with van der Waals surface area (Å²) in [5, 5.41) is 32.7. The van der Waals surface area contributed by atoms with Crippen molar-refractivity contribution in [1.29, 1.82) is 0 Å². The van der Waals surface area contributed by atoms with Gasteiger partial charge in [-0.05, 0) is 81.5 Å². The predicted molar refractivity (Wildman–Crippen MR) is 204 cm³/mol. The van der Waals surface area contributed by atoms with E-state index in [1.54, 1.807) is 18.2 Å². The van der Waals surface area contributed by atoms with E-state index in [-0.39, 0.29) is 30.0 Å². The van der Waals surface area contributed by atoms with Crippen molar-refractivity contribution in [2.75, 3.05) is 46.6 Å². The molecule has 4 fully saturated rings. The van der Waals surface area contributed by atoms with Gasteiger partial charge in [0.15, 0.2) is 17.4 Å². The van der Waals surface area contributed by atoms with E-state index in [4.69, 9.17) is 19.7 Å². The Morgan fingerprint density at radius 1 is 0.889 bits per heavy atom. The molecule has 14 nitrogen and oxygen atoms in total. The molecule has 1 aromatic carbocycles.